The van der Waals surface area contributed by atoms with Crippen molar-refractivity contribution in [1.82, 2.24) is 10.6 Å². The number of esters is 1. The molecule has 9 heteroatoms. The Morgan fingerprint density at radius 1 is 0.829 bits per heavy atom. The zero-order valence-corrected chi connectivity index (χ0v) is 23.0. The Kier molecular flexibility index (Phi) is 10.9. The van der Waals surface area contributed by atoms with Gasteiger partial charge >= 0.3 is 12.1 Å². The van der Waals surface area contributed by atoms with Gasteiger partial charge in [-0.3, -0.25) is 4.79 Å². The highest BCUT2D eigenvalue weighted by molar-refractivity contribution is 5.86. The molecule has 3 aromatic carbocycles. The van der Waals surface area contributed by atoms with Crippen LogP contribution in [0.25, 0.3) is 0 Å². The molecule has 1 saturated heterocycles. The third-order valence-corrected chi connectivity index (χ3v) is 6.81. The standard InChI is InChI=1S/C32H36N2O7/c1-2-39-31(37)29-28(41-29)27(35)25(19-18-22-12-6-3-7-13-22)33-30(36)26(20-23-14-8-4-9-15-23)34-32(38)40-21-24-16-10-5-11-17-24/h3-17,25-29,35H,2,18-21H2,1H3,(H,33,36)(H,34,38)/t25-,26-,27-,28-,29+/m0/s1. The van der Waals surface area contributed by atoms with Crippen LogP contribution in [-0.4, -0.2) is 60.1 Å². The Hall–Kier alpha value is -4.21. The molecule has 0 unspecified atom stereocenters. The molecule has 0 aromatic heterocycles. The van der Waals surface area contributed by atoms with Crippen molar-refractivity contribution in [2.45, 2.75) is 63.2 Å². The summed E-state index contributed by atoms with van der Waals surface area (Å²) in [5, 5.41) is 16.8. The summed E-state index contributed by atoms with van der Waals surface area (Å²) in [5.74, 6) is -1.04. The Balaban J connectivity index is 1.46. The second-order valence-electron chi connectivity index (χ2n) is 9.85. The minimum atomic E-state index is -1.17. The molecule has 0 bridgehead atoms. The molecule has 1 aliphatic heterocycles. The minimum Gasteiger partial charge on any atom is -0.464 e. The molecule has 0 radical (unpaired) electrons. The number of hydrogen-bond acceptors (Lipinski definition) is 7. The summed E-state index contributed by atoms with van der Waals surface area (Å²) < 4.78 is 15.8. The first-order valence-electron chi connectivity index (χ1n) is 13.8. The molecule has 0 aliphatic carbocycles. The largest absolute Gasteiger partial charge is 0.464 e. The molecule has 0 spiro atoms. The molecule has 1 heterocycles. The van der Waals surface area contributed by atoms with Gasteiger partial charge in [-0.05, 0) is 36.5 Å². The molecule has 9 nitrogen and oxygen atoms in total. The number of aliphatic hydroxyl groups is 1. The SMILES string of the molecule is CCOC(=O)[C@@H]1O[C@H]1[C@@H](O)[C@H](CCc1ccccc1)NC(=O)[C@H](Cc1ccccc1)NC(=O)OCc1ccccc1. The second-order valence-corrected chi connectivity index (χ2v) is 9.85. The van der Waals surface area contributed by atoms with E-state index in [0.717, 1.165) is 16.7 Å². The molecule has 4 rings (SSSR count). The fourth-order valence-electron chi connectivity index (χ4n) is 4.57. The zero-order valence-electron chi connectivity index (χ0n) is 23.0. The van der Waals surface area contributed by atoms with E-state index in [4.69, 9.17) is 14.2 Å². The topological polar surface area (TPSA) is 126 Å². The van der Waals surface area contributed by atoms with Gasteiger partial charge in [-0.1, -0.05) is 91.0 Å². The maximum atomic E-state index is 13.6. The van der Waals surface area contributed by atoms with E-state index in [-0.39, 0.29) is 19.6 Å². The van der Waals surface area contributed by atoms with E-state index in [1.165, 1.54) is 0 Å². The Morgan fingerprint density at radius 2 is 1.41 bits per heavy atom. The normalized spacial score (nSPS) is 17.9. The van der Waals surface area contributed by atoms with E-state index < -0.39 is 48.4 Å². The van der Waals surface area contributed by atoms with Crippen LogP contribution in [-0.2, 0) is 43.2 Å². The molecule has 5 atom stereocenters. The van der Waals surface area contributed by atoms with Gasteiger partial charge in [0.25, 0.3) is 0 Å². The van der Waals surface area contributed by atoms with E-state index in [0.29, 0.717) is 12.8 Å². The van der Waals surface area contributed by atoms with Gasteiger partial charge in [0.15, 0.2) is 6.10 Å². The highest BCUT2D eigenvalue weighted by Crippen LogP contribution is 2.29. The van der Waals surface area contributed by atoms with Gasteiger partial charge < -0.3 is 30.0 Å². The number of aryl methyl sites for hydroxylation is 1. The van der Waals surface area contributed by atoms with E-state index in [9.17, 15) is 19.5 Å². The van der Waals surface area contributed by atoms with Crippen LogP contribution in [0.15, 0.2) is 91.0 Å². The number of aliphatic hydroxyl groups excluding tert-OH is 1. The minimum absolute atomic E-state index is 0.0546. The van der Waals surface area contributed by atoms with Crippen LogP contribution in [0.1, 0.15) is 30.0 Å². The quantitative estimate of drug-likeness (QED) is 0.204. The highest BCUT2D eigenvalue weighted by Gasteiger charge is 2.53. The molecular formula is C32H36N2O7. The van der Waals surface area contributed by atoms with Crippen LogP contribution < -0.4 is 10.6 Å². The van der Waals surface area contributed by atoms with Crippen molar-refractivity contribution in [3.8, 4) is 0 Å². The monoisotopic (exact) mass is 560 g/mol. The van der Waals surface area contributed by atoms with Crippen molar-refractivity contribution in [2.75, 3.05) is 6.61 Å². The summed E-state index contributed by atoms with van der Waals surface area (Å²) in [6, 6.07) is 26.5. The molecule has 3 N–H and O–H groups in total. The van der Waals surface area contributed by atoms with Crippen molar-refractivity contribution in [3.63, 3.8) is 0 Å². The highest BCUT2D eigenvalue weighted by atomic mass is 16.6. The van der Waals surface area contributed by atoms with Crippen LogP contribution in [0.5, 0.6) is 0 Å². The van der Waals surface area contributed by atoms with Crippen molar-refractivity contribution in [3.05, 3.63) is 108 Å². The van der Waals surface area contributed by atoms with Gasteiger partial charge in [0.1, 0.15) is 24.9 Å². The molecule has 41 heavy (non-hydrogen) atoms. The summed E-state index contributed by atoms with van der Waals surface area (Å²) >= 11 is 0. The molecule has 2 amide bonds. The van der Waals surface area contributed by atoms with E-state index in [2.05, 4.69) is 10.6 Å². The first kappa shape index (κ1) is 29.8. The molecule has 1 aliphatic rings. The van der Waals surface area contributed by atoms with Gasteiger partial charge in [-0.2, -0.15) is 0 Å². The number of amides is 2. The lowest BCUT2D eigenvalue weighted by molar-refractivity contribution is -0.144. The Labute approximate surface area is 239 Å². The van der Waals surface area contributed by atoms with Gasteiger partial charge in [0.2, 0.25) is 5.91 Å². The molecule has 1 fully saturated rings. The Bertz CT molecular complexity index is 1260. The number of rotatable bonds is 14. The average molecular weight is 561 g/mol. The average Bonchev–Trinajstić information content (AvgIpc) is 3.80. The summed E-state index contributed by atoms with van der Waals surface area (Å²) in [7, 11) is 0. The van der Waals surface area contributed by atoms with Gasteiger partial charge in [0.05, 0.1) is 12.6 Å². The third-order valence-electron chi connectivity index (χ3n) is 6.81. The van der Waals surface area contributed by atoms with E-state index >= 15 is 0 Å². The summed E-state index contributed by atoms with van der Waals surface area (Å²) in [5.41, 5.74) is 2.68. The lowest BCUT2D eigenvalue weighted by atomic mass is 9.97. The first-order chi connectivity index (χ1) is 19.9. The first-order valence-corrected chi connectivity index (χ1v) is 13.8. The van der Waals surface area contributed by atoms with Crippen LogP contribution in [0.3, 0.4) is 0 Å². The summed E-state index contributed by atoms with van der Waals surface area (Å²) in [6.07, 6.45) is -2.43. The molecule has 3 aromatic rings. The number of nitrogens with one attached hydrogen (secondary N) is 2. The number of carbonyl (C=O) groups is 3. The lowest BCUT2D eigenvalue weighted by Gasteiger charge is -2.26. The van der Waals surface area contributed by atoms with Gasteiger partial charge in [-0.25, -0.2) is 9.59 Å². The maximum absolute atomic E-state index is 13.6. The molecule has 216 valence electrons. The van der Waals surface area contributed by atoms with Crippen molar-refractivity contribution < 1.29 is 33.7 Å². The third kappa shape index (κ3) is 9.16. The smallest absolute Gasteiger partial charge is 0.408 e. The summed E-state index contributed by atoms with van der Waals surface area (Å²) in [6.45, 7) is 1.95. The van der Waals surface area contributed by atoms with E-state index in [1.54, 1.807) is 6.92 Å². The fraction of sp³-hybridized carbons (Fsp3) is 0.344. The maximum Gasteiger partial charge on any atom is 0.408 e. The number of hydrogen-bond donors (Lipinski definition) is 3. The lowest BCUT2D eigenvalue weighted by Crippen LogP contribution is -2.54. The molecule has 0 saturated carbocycles. The van der Waals surface area contributed by atoms with Crippen LogP contribution >= 0.6 is 0 Å². The number of benzene rings is 3. The Morgan fingerprint density at radius 3 is 2.02 bits per heavy atom. The predicted octanol–water partition coefficient (Wildman–Crippen LogP) is 3.33. The van der Waals surface area contributed by atoms with Gasteiger partial charge in [-0.15, -0.1) is 0 Å². The summed E-state index contributed by atoms with van der Waals surface area (Å²) in [4.78, 5) is 38.5. The van der Waals surface area contributed by atoms with Crippen molar-refractivity contribution in [2.24, 2.45) is 0 Å². The zero-order chi connectivity index (χ0) is 29.0. The second kappa shape index (κ2) is 15.0. The number of alkyl carbamates (subject to hydrolysis) is 1. The number of epoxide rings is 1. The fourth-order valence-corrected chi connectivity index (χ4v) is 4.57. The van der Waals surface area contributed by atoms with Crippen molar-refractivity contribution in [1.29, 1.82) is 0 Å². The van der Waals surface area contributed by atoms with Crippen molar-refractivity contribution >= 4 is 18.0 Å². The van der Waals surface area contributed by atoms with E-state index in [1.807, 2.05) is 91.0 Å². The molecular weight excluding hydrogens is 524 g/mol. The van der Waals surface area contributed by atoms with Crippen LogP contribution in [0.4, 0.5) is 4.79 Å². The number of ether oxygens (including phenoxy) is 3. The number of carbonyl (C=O) groups excluding carboxylic acids is 3. The van der Waals surface area contributed by atoms with Gasteiger partial charge in [0, 0.05) is 6.42 Å². The van der Waals surface area contributed by atoms with Crippen LogP contribution in [0, 0.1) is 0 Å². The predicted molar refractivity (Wildman–Crippen MR) is 152 cm³/mol. The van der Waals surface area contributed by atoms with Crippen LogP contribution in [0.2, 0.25) is 0 Å².